The van der Waals surface area contributed by atoms with Crippen LogP contribution in [0.3, 0.4) is 0 Å². The minimum absolute atomic E-state index is 0.137. The van der Waals surface area contributed by atoms with Crippen LogP contribution in [0.2, 0.25) is 0 Å². The van der Waals surface area contributed by atoms with E-state index < -0.39 is 0 Å². The number of anilines is 2. The monoisotopic (exact) mass is 328 g/mol. The molecule has 2 amide bonds. The molecule has 4 nitrogen and oxygen atoms in total. The van der Waals surface area contributed by atoms with Crippen molar-refractivity contribution < 1.29 is 9.59 Å². The van der Waals surface area contributed by atoms with E-state index in [9.17, 15) is 9.59 Å². The lowest BCUT2D eigenvalue weighted by Crippen LogP contribution is -2.22. The largest absolute Gasteiger partial charge is 0.326 e. The van der Waals surface area contributed by atoms with E-state index in [0.717, 1.165) is 73.9 Å². The maximum absolute atomic E-state index is 12.3. The smallest absolute Gasteiger partial charge is 0.227 e. The van der Waals surface area contributed by atoms with Crippen LogP contribution in [0.4, 0.5) is 11.4 Å². The molecule has 0 aromatic heterocycles. The van der Waals surface area contributed by atoms with Gasteiger partial charge in [0, 0.05) is 23.2 Å². The van der Waals surface area contributed by atoms with Gasteiger partial charge in [-0.05, 0) is 62.8 Å². The zero-order valence-electron chi connectivity index (χ0n) is 14.8. The van der Waals surface area contributed by atoms with Crippen molar-refractivity contribution in [3.05, 3.63) is 23.3 Å². The molecule has 130 valence electrons. The number of hydrogen-bond acceptors (Lipinski definition) is 2. The Bertz CT molecular complexity index is 571. The molecule has 0 saturated heterocycles. The first kappa shape index (κ1) is 17.0. The molecular weight excluding hydrogens is 300 g/mol. The molecule has 0 radical (unpaired) electrons. The summed E-state index contributed by atoms with van der Waals surface area (Å²) >= 11 is 0. The van der Waals surface area contributed by atoms with Crippen LogP contribution < -0.4 is 10.6 Å². The highest BCUT2D eigenvalue weighted by atomic mass is 16.2. The molecule has 0 spiro atoms. The van der Waals surface area contributed by atoms with Gasteiger partial charge in [0.05, 0.1) is 0 Å². The van der Waals surface area contributed by atoms with Crippen LogP contribution in [-0.2, 0) is 9.59 Å². The maximum atomic E-state index is 12.3. The van der Waals surface area contributed by atoms with Gasteiger partial charge < -0.3 is 10.6 Å². The van der Waals surface area contributed by atoms with Gasteiger partial charge in [-0.2, -0.15) is 0 Å². The van der Waals surface area contributed by atoms with Crippen LogP contribution >= 0.6 is 0 Å². The van der Waals surface area contributed by atoms with Crippen LogP contribution in [0.5, 0.6) is 0 Å². The molecule has 3 rings (SSSR count). The van der Waals surface area contributed by atoms with E-state index in [4.69, 9.17) is 0 Å². The molecule has 2 aliphatic rings. The molecule has 24 heavy (non-hydrogen) atoms. The topological polar surface area (TPSA) is 58.2 Å². The van der Waals surface area contributed by atoms with Crippen LogP contribution in [0.1, 0.15) is 62.5 Å². The highest BCUT2D eigenvalue weighted by molar-refractivity contribution is 5.96. The molecule has 0 bridgehead atoms. The summed E-state index contributed by atoms with van der Waals surface area (Å²) < 4.78 is 0. The Labute approximate surface area is 144 Å². The Morgan fingerprint density at radius 3 is 1.42 bits per heavy atom. The van der Waals surface area contributed by atoms with Crippen molar-refractivity contribution in [2.45, 2.75) is 65.2 Å². The zero-order valence-corrected chi connectivity index (χ0v) is 14.8. The third kappa shape index (κ3) is 3.80. The molecule has 4 heteroatoms. The van der Waals surface area contributed by atoms with Crippen molar-refractivity contribution in [2.24, 2.45) is 11.8 Å². The number of carbonyl (C=O) groups excluding carboxylic acids is 2. The van der Waals surface area contributed by atoms with Gasteiger partial charge in [0.2, 0.25) is 11.8 Å². The van der Waals surface area contributed by atoms with E-state index in [1.54, 1.807) is 0 Å². The van der Waals surface area contributed by atoms with Gasteiger partial charge in [0.15, 0.2) is 0 Å². The van der Waals surface area contributed by atoms with Crippen molar-refractivity contribution in [3.8, 4) is 0 Å². The zero-order chi connectivity index (χ0) is 17.1. The Morgan fingerprint density at radius 2 is 1.08 bits per heavy atom. The molecule has 0 aliphatic heterocycles. The number of nitrogens with one attached hydrogen (secondary N) is 2. The molecule has 2 aliphatic carbocycles. The summed E-state index contributed by atoms with van der Waals surface area (Å²) in [6.45, 7) is 3.96. The fourth-order valence-corrected chi connectivity index (χ4v) is 3.93. The van der Waals surface area contributed by atoms with Crippen LogP contribution in [-0.4, -0.2) is 11.8 Å². The first-order valence-electron chi connectivity index (χ1n) is 9.27. The predicted molar refractivity (Wildman–Crippen MR) is 97.1 cm³/mol. The van der Waals surface area contributed by atoms with E-state index in [1.807, 2.05) is 26.0 Å². The highest BCUT2D eigenvalue weighted by Crippen LogP contribution is 2.30. The number of hydrogen-bond donors (Lipinski definition) is 2. The third-order valence-corrected chi connectivity index (χ3v) is 5.54. The second-order valence-corrected chi connectivity index (χ2v) is 7.42. The average Bonchev–Trinajstić information content (AvgIpc) is 3.24. The lowest BCUT2D eigenvalue weighted by molar-refractivity contribution is -0.120. The quantitative estimate of drug-likeness (QED) is 0.851. The molecular formula is C20H28N2O2. The highest BCUT2D eigenvalue weighted by Gasteiger charge is 2.24. The minimum atomic E-state index is 0.137. The summed E-state index contributed by atoms with van der Waals surface area (Å²) in [6.07, 6.45) is 8.62. The summed E-state index contributed by atoms with van der Waals surface area (Å²) in [6, 6.07) is 3.96. The van der Waals surface area contributed by atoms with Gasteiger partial charge in [-0.15, -0.1) is 0 Å². The second kappa shape index (κ2) is 7.37. The minimum Gasteiger partial charge on any atom is -0.326 e. The lowest BCUT2D eigenvalue weighted by Gasteiger charge is -2.17. The molecule has 2 saturated carbocycles. The van der Waals surface area contributed by atoms with Gasteiger partial charge in [-0.1, -0.05) is 25.7 Å². The second-order valence-electron chi connectivity index (χ2n) is 7.42. The number of amides is 2. The van der Waals surface area contributed by atoms with Gasteiger partial charge in [-0.3, -0.25) is 9.59 Å². The van der Waals surface area contributed by atoms with Crippen LogP contribution in [0.15, 0.2) is 12.1 Å². The standard InChI is InChI=1S/C20H28N2O2/c1-13-11-18(22-20(24)16-9-5-6-10-16)14(2)12-17(13)21-19(23)15-7-3-4-8-15/h11-12,15-16H,3-10H2,1-2H3,(H,21,23)(H,22,24). The molecule has 0 atom stereocenters. The summed E-state index contributed by atoms with van der Waals surface area (Å²) in [5.41, 5.74) is 3.72. The van der Waals surface area contributed by atoms with E-state index in [2.05, 4.69) is 10.6 Å². The molecule has 1 aromatic rings. The van der Waals surface area contributed by atoms with Gasteiger partial charge in [-0.25, -0.2) is 0 Å². The van der Waals surface area contributed by atoms with E-state index in [0.29, 0.717) is 0 Å². The number of benzene rings is 1. The van der Waals surface area contributed by atoms with E-state index in [1.165, 1.54) is 0 Å². The fraction of sp³-hybridized carbons (Fsp3) is 0.600. The van der Waals surface area contributed by atoms with Gasteiger partial charge in [0.1, 0.15) is 0 Å². The van der Waals surface area contributed by atoms with E-state index in [-0.39, 0.29) is 23.7 Å². The normalized spacial score (nSPS) is 18.8. The average molecular weight is 328 g/mol. The lowest BCUT2D eigenvalue weighted by atomic mass is 10.0. The summed E-state index contributed by atoms with van der Waals surface area (Å²) in [5, 5.41) is 6.15. The van der Waals surface area contributed by atoms with Crippen molar-refractivity contribution in [2.75, 3.05) is 10.6 Å². The predicted octanol–water partition coefficient (Wildman–Crippen LogP) is 4.56. The Kier molecular flexibility index (Phi) is 5.22. The number of aryl methyl sites for hydroxylation is 2. The Morgan fingerprint density at radius 1 is 0.750 bits per heavy atom. The molecule has 2 N–H and O–H groups in total. The number of rotatable bonds is 4. The van der Waals surface area contributed by atoms with Crippen LogP contribution in [0.25, 0.3) is 0 Å². The summed E-state index contributed by atoms with van der Waals surface area (Å²) in [4.78, 5) is 24.7. The SMILES string of the molecule is Cc1cc(NC(=O)C2CCCC2)c(C)cc1NC(=O)C1CCCC1. The summed E-state index contributed by atoms with van der Waals surface area (Å²) in [5.74, 6) is 0.591. The van der Waals surface area contributed by atoms with E-state index >= 15 is 0 Å². The first-order chi connectivity index (χ1) is 11.5. The summed E-state index contributed by atoms with van der Waals surface area (Å²) in [7, 11) is 0. The molecule has 1 aromatic carbocycles. The number of carbonyl (C=O) groups is 2. The fourth-order valence-electron chi connectivity index (χ4n) is 3.93. The maximum Gasteiger partial charge on any atom is 0.227 e. The molecule has 0 heterocycles. The van der Waals surface area contributed by atoms with Gasteiger partial charge >= 0.3 is 0 Å². The first-order valence-corrected chi connectivity index (χ1v) is 9.27. The third-order valence-electron chi connectivity index (χ3n) is 5.54. The van der Waals surface area contributed by atoms with Crippen LogP contribution in [0, 0.1) is 25.7 Å². The van der Waals surface area contributed by atoms with Crippen molar-refractivity contribution >= 4 is 23.2 Å². The Hall–Kier alpha value is -1.84. The van der Waals surface area contributed by atoms with Gasteiger partial charge in [0.25, 0.3) is 0 Å². The van der Waals surface area contributed by atoms with Crippen molar-refractivity contribution in [1.82, 2.24) is 0 Å². The molecule has 0 unspecified atom stereocenters. The van der Waals surface area contributed by atoms with Crippen molar-refractivity contribution in [1.29, 1.82) is 0 Å². The Balaban J connectivity index is 1.68. The van der Waals surface area contributed by atoms with Crippen molar-refractivity contribution in [3.63, 3.8) is 0 Å². The molecule has 2 fully saturated rings.